The van der Waals surface area contributed by atoms with E-state index < -0.39 is 5.82 Å². The summed E-state index contributed by atoms with van der Waals surface area (Å²) in [6.45, 7) is 1.78. The van der Waals surface area contributed by atoms with Gasteiger partial charge in [-0.3, -0.25) is 0 Å². The zero-order valence-corrected chi connectivity index (χ0v) is 9.83. The Hall–Kier alpha value is -1.81. The van der Waals surface area contributed by atoms with Crippen LogP contribution >= 0.6 is 11.6 Å². The third-order valence-corrected chi connectivity index (χ3v) is 2.50. The first kappa shape index (κ1) is 11.7. The van der Waals surface area contributed by atoms with E-state index in [-0.39, 0.29) is 5.02 Å². The maximum absolute atomic E-state index is 12.9. The molecule has 1 aromatic carbocycles. The van der Waals surface area contributed by atoms with E-state index in [1.807, 2.05) is 0 Å². The first-order valence-corrected chi connectivity index (χ1v) is 5.30. The van der Waals surface area contributed by atoms with Crippen LogP contribution < -0.4 is 10.5 Å². The number of anilines is 1. The smallest absolute Gasteiger partial charge is 0.219 e. The molecule has 0 unspecified atom stereocenters. The molecule has 1 aromatic heterocycles. The van der Waals surface area contributed by atoms with Gasteiger partial charge in [-0.25, -0.2) is 9.37 Å². The predicted octanol–water partition coefficient (Wildman–Crippen LogP) is 3.56. The van der Waals surface area contributed by atoms with Gasteiger partial charge in [0.25, 0.3) is 0 Å². The summed E-state index contributed by atoms with van der Waals surface area (Å²) in [5.74, 6) is 0.327. The molecule has 0 saturated carbocycles. The molecule has 88 valence electrons. The van der Waals surface area contributed by atoms with E-state index in [9.17, 15) is 4.39 Å². The number of aromatic nitrogens is 1. The predicted molar refractivity (Wildman–Crippen MR) is 64.9 cm³/mol. The molecule has 5 heteroatoms. The van der Waals surface area contributed by atoms with E-state index in [1.54, 1.807) is 19.1 Å². The second kappa shape index (κ2) is 4.59. The minimum absolute atomic E-state index is 0.00895. The van der Waals surface area contributed by atoms with Crippen molar-refractivity contribution in [3.8, 4) is 11.6 Å². The van der Waals surface area contributed by atoms with Gasteiger partial charge >= 0.3 is 0 Å². The highest BCUT2D eigenvalue weighted by Crippen LogP contribution is 2.25. The molecule has 0 aliphatic carbocycles. The van der Waals surface area contributed by atoms with Crippen LogP contribution in [0.1, 0.15) is 5.69 Å². The fraction of sp³-hybridized carbons (Fsp3) is 0.0833. The molecule has 0 spiro atoms. The van der Waals surface area contributed by atoms with Gasteiger partial charge < -0.3 is 10.5 Å². The number of ether oxygens (including phenoxy) is 1. The van der Waals surface area contributed by atoms with E-state index in [0.29, 0.717) is 23.0 Å². The minimum atomic E-state index is -0.486. The fourth-order valence-corrected chi connectivity index (χ4v) is 1.44. The van der Waals surface area contributed by atoms with E-state index in [4.69, 9.17) is 22.1 Å². The third kappa shape index (κ3) is 2.65. The number of nitrogen functional groups attached to an aromatic ring is 1. The lowest BCUT2D eigenvalue weighted by Crippen LogP contribution is -1.95. The first-order chi connectivity index (χ1) is 8.06. The summed E-state index contributed by atoms with van der Waals surface area (Å²) in [7, 11) is 0. The lowest BCUT2D eigenvalue weighted by atomic mass is 10.3. The summed E-state index contributed by atoms with van der Waals surface area (Å²) in [6.07, 6.45) is 0. The Morgan fingerprint density at radius 1 is 1.29 bits per heavy atom. The van der Waals surface area contributed by atoms with Gasteiger partial charge in [0.1, 0.15) is 11.6 Å². The second-order valence-electron chi connectivity index (χ2n) is 3.50. The van der Waals surface area contributed by atoms with Crippen LogP contribution in [0.25, 0.3) is 0 Å². The van der Waals surface area contributed by atoms with Crippen molar-refractivity contribution in [3.05, 3.63) is 46.9 Å². The van der Waals surface area contributed by atoms with Crippen LogP contribution in [0.15, 0.2) is 30.3 Å². The fourth-order valence-electron chi connectivity index (χ4n) is 1.27. The molecule has 17 heavy (non-hydrogen) atoms. The number of aryl methyl sites for hydroxylation is 1. The second-order valence-corrected chi connectivity index (χ2v) is 3.91. The molecule has 0 amide bonds. The molecule has 0 bridgehead atoms. The highest BCUT2D eigenvalue weighted by atomic mass is 35.5. The number of nitrogens with two attached hydrogens (primary N) is 1. The number of hydrogen-bond acceptors (Lipinski definition) is 3. The van der Waals surface area contributed by atoms with Gasteiger partial charge in [-0.15, -0.1) is 0 Å². The summed E-state index contributed by atoms with van der Waals surface area (Å²) in [5.41, 5.74) is 6.91. The van der Waals surface area contributed by atoms with Crippen molar-refractivity contribution < 1.29 is 9.13 Å². The molecule has 2 rings (SSSR count). The minimum Gasteiger partial charge on any atom is -0.439 e. The summed E-state index contributed by atoms with van der Waals surface area (Å²) in [4.78, 5) is 4.14. The maximum Gasteiger partial charge on any atom is 0.219 e. The van der Waals surface area contributed by atoms with Gasteiger partial charge in [0, 0.05) is 12.1 Å². The number of benzene rings is 1. The first-order valence-electron chi connectivity index (χ1n) is 4.92. The van der Waals surface area contributed by atoms with Gasteiger partial charge in [0.2, 0.25) is 5.88 Å². The van der Waals surface area contributed by atoms with E-state index >= 15 is 0 Å². The van der Waals surface area contributed by atoms with Crippen molar-refractivity contribution in [2.75, 3.05) is 5.73 Å². The van der Waals surface area contributed by atoms with Gasteiger partial charge in [-0.05, 0) is 25.1 Å². The van der Waals surface area contributed by atoms with Crippen molar-refractivity contribution in [2.45, 2.75) is 6.92 Å². The van der Waals surface area contributed by atoms with E-state index in [2.05, 4.69) is 4.98 Å². The Morgan fingerprint density at radius 2 is 2.06 bits per heavy atom. The Kier molecular flexibility index (Phi) is 3.15. The molecule has 2 aromatic rings. The van der Waals surface area contributed by atoms with Gasteiger partial charge in [-0.2, -0.15) is 0 Å². The van der Waals surface area contributed by atoms with Crippen LogP contribution in [0.5, 0.6) is 11.6 Å². The molecule has 1 heterocycles. The number of hydrogen-bond donors (Lipinski definition) is 1. The lowest BCUT2D eigenvalue weighted by Gasteiger charge is -2.07. The van der Waals surface area contributed by atoms with Crippen LogP contribution in [0.2, 0.25) is 5.02 Å². The summed E-state index contributed by atoms with van der Waals surface area (Å²) in [5, 5.41) is 0.00895. The SMILES string of the molecule is Cc1nc(Oc2ccc(F)c(Cl)c2)ccc1N. The molecule has 0 fully saturated rings. The summed E-state index contributed by atoms with van der Waals surface area (Å²) >= 11 is 5.64. The van der Waals surface area contributed by atoms with Gasteiger partial charge in [-0.1, -0.05) is 11.6 Å². The standard InChI is InChI=1S/C12H10ClFN2O/c1-7-11(15)4-5-12(16-7)17-8-2-3-10(14)9(13)6-8/h2-6H,15H2,1H3. The highest BCUT2D eigenvalue weighted by Gasteiger charge is 2.04. The number of nitrogens with zero attached hydrogens (tertiary/aromatic N) is 1. The van der Waals surface area contributed by atoms with Gasteiger partial charge in [0.05, 0.1) is 16.4 Å². The van der Waals surface area contributed by atoms with E-state index in [0.717, 1.165) is 0 Å². The molecule has 0 aliphatic rings. The van der Waals surface area contributed by atoms with Crippen molar-refractivity contribution in [3.63, 3.8) is 0 Å². The molecular formula is C12H10ClFN2O. The highest BCUT2D eigenvalue weighted by molar-refractivity contribution is 6.30. The summed E-state index contributed by atoms with van der Waals surface area (Å²) < 4.78 is 18.4. The summed E-state index contributed by atoms with van der Waals surface area (Å²) in [6, 6.07) is 7.45. The van der Waals surface area contributed by atoms with Crippen LogP contribution in [-0.2, 0) is 0 Å². The van der Waals surface area contributed by atoms with Crippen molar-refractivity contribution in [2.24, 2.45) is 0 Å². The van der Waals surface area contributed by atoms with E-state index in [1.165, 1.54) is 18.2 Å². The molecule has 0 saturated heterocycles. The molecule has 0 atom stereocenters. The van der Waals surface area contributed by atoms with Crippen molar-refractivity contribution in [1.82, 2.24) is 4.98 Å². The van der Waals surface area contributed by atoms with Crippen LogP contribution in [0.3, 0.4) is 0 Å². The maximum atomic E-state index is 12.9. The lowest BCUT2D eigenvalue weighted by molar-refractivity contribution is 0.460. The average molecular weight is 253 g/mol. The Balaban J connectivity index is 2.25. The Bertz CT molecular complexity index is 511. The van der Waals surface area contributed by atoms with Crippen molar-refractivity contribution >= 4 is 17.3 Å². The monoisotopic (exact) mass is 252 g/mol. The number of pyridine rings is 1. The Labute approximate surface area is 103 Å². The molecule has 0 aliphatic heterocycles. The molecular weight excluding hydrogens is 243 g/mol. The van der Waals surface area contributed by atoms with Gasteiger partial charge in [0.15, 0.2) is 0 Å². The molecule has 0 radical (unpaired) electrons. The van der Waals surface area contributed by atoms with Crippen LogP contribution in [0.4, 0.5) is 10.1 Å². The topological polar surface area (TPSA) is 48.1 Å². The normalized spacial score (nSPS) is 10.3. The average Bonchev–Trinajstić information content (AvgIpc) is 2.29. The zero-order chi connectivity index (χ0) is 12.4. The number of rotatable bonds is 2. The Morgan fingerprint density at radius 3 is 2.71 bits per heavy atom. The van der Waals surface area contributed by atoms with Crippen LogP contribution in [-0.4, -0.2) is 4.98 Å². The third-order valence-electron chi connectivity index (χ3n) is 2.21. The number of halogens is 2. The van der Waals surface area contributed by atoms with Crippen LogP contribution in [0, 0.1) is 12.7 Å². The quantitative estimate of drug-likeness (QED) is 0.889. The molecule has 2 N–H and O–H groups in total. The van der Waals surface area contributed by atoms with Crippen molar-refractivity contribution in [1.29, 1.82) is 0 Å². The largest absolute Gasteiger partial charge is 0.439 e. The zero-order valence-electron chi connectivity index (χ0n) is 9.08. The molecule has 3 nitrogen and oxygen atoms in total.